The molecule has 2 rings (SSSR count). The van der Waals surface area contributed by atoms with Gasteiger partial charge in [0, 0.05) is 22.6 Å². The quantitative estimate of drug-likeness (QED) is 0.343. The number of hydrogen-bond donors (Lipinski definition) is 1. The lowest BCUT2D eigenvalue weighted by atomic mass is 10.1. The van der Waals surface area contributed by atoms with Crippen molar-refractivity contribution >= 4 is 29.3 Å². The first-order valence-electron chi connectivity index (χ1n) is 8.03. The van der Waals surface area contributed by atoms with Gasteiger partial charge in [-0.25, -0.2) is 9.97 Å². The number of aromatic amines is 1. The van der Waals surface area contributed by atoms with Gasteiger partial charge in [-0.1, -0.05) is 11.8 Å². The van der Waals surface area contributed by atoms with Crippen molar-refractivity contribution in [2.75, 3.05) is 12.4 Å². The molecule has 26 heavy (non-hydrogen) atoms. The smallest absolute Gasteiger partial charge is 0.316 e. The average molecular weight is 375 g/mol. The van der Waals surface area contributed by atoms with Crippen molar-refractivity contribution in [1.29, 1.82) is 0 Å². The van der Waals surface area contributed by atoms with Gasteiger partial charge in [-0.15, -0.1) is 0 Å². The minimum absolute atomic E-state index is 0.0115. The lowest BCUT2D eigenvalue weighted by Crippen LogP contribution is -2.16. The lowest BCUT2D eigenvalue weighted by molar-refractivity contribution is -0.139. The molecule has 0 saturated carbocycles. The normalized spacial score (nSPS) is 10.7. The van der Waals surface area contributed by atoms with E-state index in [1.165, 1.54) is 6.92 Å². The summed E-state index contributed by atoms with van der Waals surface area (Å²) in [5.41, 5.74) is 3.65. The second-order valence-electron chi connectivity index (χ2n) is 5.99. The Bertz CT molecular complexity index is 853. The van der Waals surface area contributed by atoms with Gasteiger partial charge >= 0.3 is 5.97 Å². The first-order valence-corrected chi connectivity index (χ1v) is 9.01. The number of hydrogen-bond acceptors (Lipinski definition) is 7. The first-order chi connectivity index (χ1) is 12.2. The van der Waals surface area contributed by atoms with Gasteiger partial charge in [-0.05, 0) is 46.2 Å². The van der Waals surface area contributed by atoms with Crippen LogP contribution in [0.25, 0.3) is 0 Å². The Kier molecular flexibility index (Phi) is 6.31. The van der Waals surface area contributed by atoms with Gasteiger partial charge < -0.3 is 9.72 Å². The van der Waals surface area contributed by atoms with Crippen LogP contribution in [0.3, 0.4) is 0 Å². The van der Waals surface area contributed by atoms with Crippen molar-refractivity contribution in [3.63, 3.8) is 0 Å². The Labute approximate surface area is 156 Å². The molecule has 2 aromatic heterocycles. The zero-order valence-corrected chi connectivity index (χ0v) is 16.2. The Balaban J connectivity index is 1.92. The SMILES string of the molecule is CC(=O)c1c(C)[nH]c(C(=O)COC(=O)CSc2nc(C)cc(C)n2)c1C. The van der Waals surface area contributed by atoms with Crippen molar-refractivity contribution in [2.24, 2.45) is 0 Å². The highest BCUT2D eigenvalue weighted by atomic mass is 32.2. The first kappa shape index (κ1) is 19.8. The van der Waals surface area contributed by atoms with Crippen molar-refractivity contribution in [3.05, 3.63) is 40.0 Å². The van der Waals surface area contributed by atoms with Crippen molar-refractivity contribution in [1.82, 2.24) is 15.0 Å². The highest BCUT2D eigenvalue weighted by Crippen LogP contribution is 2.19. The molecular weight excluding hydrogens is 354 g/mol. The molecule has 0 bridgehead atoms. The topological polar surface area (TPSA) is 102 Å². The molecule has 7 nitrogen and oxygen atoms in total. The van der Waals surface area contributed by atoms with Gasteiger partial charge in [0.05, 0.1) is 11.4 Å². The molecule has 1 N–H and O–H groups in total. The van der Waals surface area contributed by atoms with E-state index >= 15 is 0 Å². The van der Waals surface area contributed by atoms with E-state index in [-0.39, 0.29) is 23.9 Å². The third-order valence-electron chi connectivity index (χ3n) is 3.71. The van der Waals surface area contributed by atoms with Gasteiger partial charge in [0.25, 0.3) is 0 Å². The van der Waals surface area contributed by atoms with Crippen molar-refractivity contribution in [2.45, 2.75) is 39.8 Å². The number of H-pyrrole nitrogens is 1. The van der Waals surface area contributed by atoms with Crippen molar-refractivity contribution < 1.29 is 19.1 Å². The number of esters is 1. The summed E-state index contributed by atoms with van der Waals surface area (Å²) in [6.45, 7) is 8.20. The van der Waals surface area contributed by atoms with E-state index in [0.29, 0.717) is 27.7 Å². The van der Waals surface area contributed by atoms with E-state index in [1.54, 1.807) is 13.8 Å². The van der Waals surface area contributed by atoms with Crippen LogP contribution in [0, 0.1) is 27.7 Å². The fourth-order valence-electron chi connectivity index (χ4n) is 2.70. The Hall–Kier alpha value is -2.48. The van der Waals surface area contributed by atoms with E-state index in [0.717, 1.165) is 23.1 Å². The minimum Gasteiger partial charge on any atom is -0.457 e. The molecule has 2 heterocycles. The molecule has 0 atom stereocenters. The molecule has 0 fully saturated rings. The number of ketones is 2. The summed E-state index contributed by atoms with van der Waals surface area (Å²) in [6.07, 6.45) is 0. The van der Waals surface area contributed by atoms with Crippen LogP contribution in [-0.4, -0.2) is 44.8 Å². The molecule has 0 radical (unpaired) electrons. The number of Topliss-reactive ketones (excluding diaryl/α,β-unsaturated/α-hetero) is 2. The van der Waals surface area contributed by atoms with Crippen LogP contribution in [0.5, 0.6) is 0 Å². The van der Waals surface area contributed by atoms with Crippen LogP contribution in [-0.2, 0) is 9.53 Å². The number of rotatable bonds is 7. The van der Waals surface area contributed by atoms with E-state index in [2.05, 4.69) is 15.0 Å². The molecule has 2 aromatic rings. The molecule has 0 amide bonds. The molecule has 0 aromatic carbocycles. The second kappa shape index (κ2) is 8.27. The summed E-state index contributed by atoms with van der Waals surface area (Å²) in [5, 5.41) is 0.493. The number of aromatic nitrogens is 3. The van der Waals surface area contributed by atoms with E-state index in [4.69, 9.17) is 4.74 Å². The van der Waals surface area contributed by atoms with E-state index < -0.39 is 5.97 Å². The van der Waals surface area contributed by atoms with Gasteiger partial charge in [0.2, 0.25) is 5.78 Å². The summed E-state index contributed by atoms with van der Waals surface area (Å²) in [6, 6.07) is 1.84. The largest absolute Gasteiger partial charge is 0.457 e. The molecule has 0 saturated heterocycles. The summed E-state index contributed by atoms with van der Waals surface area (Å²) < 4.78 is 5.04. The lowest BCUT2D eigenvalue weighted by Gasteiger charge is -2.05. The van der Waals surface area contributed by atoms with Gasteiger partial charge in [0.1, 0.15) is 0 Å². The summed E-state index contributed by atoms with van der Waals surface area (Å²) >= 11 is 1.16. The van der Waals surface area contributed by atoms with Crippen LogP contribution in [0.2, 0.25) is 0 Å². The zero-order chi connectivity index (χ0) is 19.4. The van der Waals surface area contributed by atoms with Crippen LogP contribution in [0.15, 0.2) is 11.2 Å². The predicted molar refractivity (Wildman–Crippen MR) is 97.8 cm³/mol. The number of ether oxygens (including phenoxy) is 1. The van der Waals surface area contributed by atoms with Crippen LogP contribution < -0.4 is 0 Å². The maximum Gasteiger partial charge on any atom is 0.316 e. The second-order valence-corrected chi connectivity index (χ2v) is 6.93. The third-order valence-corrected chi connectivity index (χ3v) is 4.53. The molecule has 0 aliphatic carbocycles. The molecule has 0 unspecified atom stereocenters. The highest BCUT2D eigenvalue weighted by Gasteiger charge is 2.20. The minimum atomic E-state index is -0.529. The number of carbonyl (C=O) groups excluding carboxylic acids is 3. The maximum atomic E-state index is 12.3. The standard InChI is InChI=1S/C18H21N3O4S/c1-9-6-10(2)20-18(19-9)26-8-15(24)25-7-14(23)17-11(3)16(13(5)22)12(4)21-17/h6,21H,7-8H2,1-5H3. The van der Waals surface area contributed by atoms with E-state index in [9.17, 15) is 14.4 Å². The number of nitrogens with one attached hydrogen (secondary N) is 1. The van der Waals surface area contributed by atoms with Crippen LogP contribution >= 0.6 is 11.8 Å². The average Bonchev–Trinajstić information content (AvgIpc) is 2.84. The highest BCUT2D eigenvalue weighted by molar-refractivity contribution is 7.99. The monoisotopic (exact) mass is 375 g/mol. The summed E-state index contributed by atoms with van der Waals surface area (Å²) in [5.74, 6) is -1.01. The Morgan fingerprint density at radius 3 is 2.27 bits per heavy atom. The Morgan fingerprint density at radius 1 is 1.12 bits per heavy atom. The maximum absolute atomic E-state index is 12.3. The van der Waals surface area contributed by atoms with Gasteiger partial charge in [-0.3, -0.25) is 14.4 Å². The van der Waals surface area contributed by atoms with Gasteiger partial charge in [0.15, 0.2) is 17.5 Å². The van der Waals surface area contributed by atoms with Gasteiger partial charge in [-0.2, -0.15) is 0 Å². The molecular formula is C18H21N3O4S. The number of aryl methyl sites for hydroxylation is 3. The molecule has 138 valence electrons. The summed E-state index contributed by atoms with van der Waals surface area (Å²) in [7, 11) is 0. The number of thioether (sulfide) groups is 1. The zero-order valence-electron chi connectivity index (χ0n) is 15.4. The molecule has 8 heteroatoms. The van der Waals surface area contributed by atoms with E-state index in [1.807, 2.05) is 19.9 Å². The fourth-order valence-corrected chi connectivity index (χ4v) is 3.45. The number of nitrogens with zero attached hydrogens (tertiary/aromatic N) is 2. The molecule has 0 aliphatic heterocycles. The van der Waals surface area contributed by atoms with Crippen LogP contribution in [0.1, 0.15) is 50.4 Å². The molecule has 0 aliphatic rings. The van der Waals surface area contributed by atoms with Crippen molar-refractivity contribution in [3.8, 4) is 0 Å². The predicted octanol–water partition coefficient (Wildman–Crippen LogP) is 2.76. The van der Waals surface area contributed by atoms with Crippen LogP contribution in [0.4, 0.5) is 0 Å². The fraction of sp³-hybridized carbons (Fsp3) is 0.389. The summed E-state index contributed by atoms with van der Waals surface area (Å²) in [4.78, 5) is 47.1. The number of carbonyl (C=O) groups is 3. The Morgan fingerprint density at radius 2 is 1.73 bits per heavy atom. The third kappa shape index (κ3) is 4.78. The molecule has 0 spiro atoms.